The Morgan fingerprint density at radius 1 is 1.31 bits per heavy atom. The summed E-state index contributed by atoms with van der Waals surface area (Å²) < 4.78 is 7.73. The van der Waals surface area contributed by atoms with Gasteiger partial charge in [0.05, 0.1) is 18.4 Å². The van der Waals surface area contributed by atoms with Crippen molar-refractivity contribution in [3.63, 3.8) is 0 Å². The number of benzene rings is 1. The predicted molar refractivity (Wildman–Crippen MR) is 108 cm³/mol. The molecule has 1 aromatic carbocycles. The number of aromatic nitrogens is 6. The fraction of sp³-hybridized carbons (Fsp3) is 0.211. The Bertz CT molecular complexity index is 1220. The van der Waals surface area contributed by atoms with Gasteiger partial charge >= 0.3 is 5.97 Å². The van der Waals surface area contributed by atoms with E-state index in [-0.39, 0.29) is 22.4 Å². The summed E-state index contributed by atoms with van der Waals surface area (Å²) in [5, 5.41) is 11.9. The number of fused-ring (bicyclic) bond motifs is 1. The van der Waals surface area contributed by atoms with Crippen LogP contribution in [0.15, 0.2) is 46.6 Å². The normalized spacial score (nSPS) is 11.1. The summed E-state index contributed by atoms with van der Waals surface area (Å²) in [5.41, 5.74) is 1.97. The summed E-state index contributed by atoms with van der Waals surface area (Å²) >= 11 is 1.48. The van der Waals surface area contributed by atoms with Gasteiger partial charge in [0.15, 0.2) is 0 Å². The minimum absolute atomic E-state index is 0.162. The number of pyridine rings is 1. The first-order chi connectivity index (χ1) is 14.0. The lowest BCUT2D eigenvalue weighted by atomic mass is 10.1. The average molecular weight is 410 g/mol. The van der Waals surface area contributed by atoms with Crippen LogP contribution in [0.1, 0.15) is 22.8 Å². The number of methoxy groups -OCH3 is 1. The SMILES string of the molecule is CCSc1n[nH]c(-n2cc(C(=O)OC)c3nn(-c4cccc(C)c4)c(=O)c-3c2)n1. The van der Waals surface area contributed by atoms with Crippen molar-refractivity contribution in [3.05, 3.63) is 58.1 Å². The maximum absolute atomic E-state index is 13.1. The molecular formula is C19H18N6O3S. The average Bonchev–Trinajstić information content (AvgIpc) is 3.32. The quantitative estimate of drug-likeness (QED) is 0.398. The third-order valence-corrected chi connectivity index (χ3v) is 5.02. The van der Waals surface area contributed by atoms with E-state index in [9.17, 15) is 9.59 Å². The Morgan fingerprint density at radius 3 is 2.86 bits per heavy atom. The molecule has 0 spiro atoms. The van der Waals surface area contributed by atoms with Crippen molar-refractivity contribution in [2.24, 2.45) is 0 Å². The highest BCUT2D eigenvalue weighted by Gasteiger charge is 2.25. The van der Waals surface area contributed by atoms with Crippen LogP contribution in [0.4, 0.5) is 0 Å². The summed E-state index contributed by atoms with van der Waals surface area (Å²) in [6.45, 7) is 3.93. The van der Waals surface area contributed by atoms with E-state index in [1.54, 1.807) is 16.8 Å². The number of nitrogens with zero attached hydrogens (tertiary/aromatic N) is 5. The number of carbonyl (C=O) groups is 1. The fourth-order valence-electron chi connectivity index (χ4n) is 2.97. The molecule has 0 bridgehead atoms. The highest BCUT2D eigenvalue weighted by molar-refractivity contribution is 7.99. The third-order valence-electron chi connectivity index (χ3n) is 4.29. The van der Waals surface area contributed by atoms with Gasteiger partial charge in [-0.05, 0) is 30.4 Å². The Hall–Kier alpha value is -3.40. The van der Waals surface area contributed by atoms with Gasteiger partial charge in [-0.1, -0.05) is 30.8 Å². The monoisotopic (exact) mass is 410 g/mol. The van der Waals surface area contributed by atoms with Gasteiger partial charge in [-0.25, -0.2) is 9.89 Å². The summed E-state index contributed by atoms with van der Waals surface area (Å²) in [5.74, 6) is 0.610. The molecule has 0 atom stereocenters. The standard InChI is InChI=1S/C19H18N6O3S/c1-4-29-19-20-18(21-22-19)24-9-13-15(14(10-24)17(27)28-3)23-25(16(13)26)12-7-5-6-11(2)8-12/h5-10H,4H2,1-3H3,(H,20,21,22). The van der Waals surface area contributed by atoms with Crippen LogP contribution in [-0.2, 0) is 4.74 Å². The number of nitrogens with one attached hydrogen (secondary N) is 1. The van der Waals surface area contributed by atoms with Crippen LogP contribution in [0.2, 0.25) is 0 Å². The zero-order valence-corrected chi connectivity index (χ0v) is 16.9. The molecule has 2 aliphatic heterocycles. The van der Waals surface area contributed by atoms with Crippen molar-refractivity contribution in [1.29, 1.82) is 0 Å². The number of ether oxygens (including phenoxy) is 1. The van der Waals surface area contributed by atoms with E-state index in [1.807, 2.05) is 32.0 Å². The summed E-state index contributed by atoms with van der Waals surface area (Å²) in [4.78, 5) is 29.9. The molecule has 2 aromatic rings. The molecule has 0 saturated carbocycles. The highest BCUT2D eigenvalue weighted by Crippen LogP contribution is 2.24. The maximum Gasteiger partial charge on any atom is 0.341 e. The van der Waals surface area contributed by atoms with Gasteiger partial charge in [-0.3, -0.25) is 9.36 Å². The van der Waals surface area contributed by atoms with Crippen molar-refractivity contribution in [3.8, 4) is 22.9 Å². The summed E-state index contributed by atoms with van der Waals surface area (Å²) in [6, 6.07) is 7.42. The molecule has 3 heterocycles. The van der Waals surface area contributed by atoms with Gasteiger partial charge in [-0.15, -0.1) is 5.10 Å². The molecule has 0 amide bonds. The molecule has 0 radical (unpaired) electrons. The smallest absolute Gasteiger partial charge is 0.341 e. The topological polar surface area (TPSA) is 108 Å². The highest BCUT2D eigenvalue weighted by atomic mass is 32.2. The number of carbonyl (C=O) groups excluding carboxylic acids is 1. The van der Waals surface area contributed by atoms with Crippen molar-refractivity contribution < 1.29 is 9.53 Å². The second kappa shape index (κ2) is 7.55. The largest absolute Gasteiger partial charge is 0.465 e. The van der Waals surface area contributed by atoms with Crippen molar-refractivity contribution in [1.82, 2.24) is 29.5 Å². The van der Waals surface area contributed by atoms with Gasteiger partial charge < -0.3 is 4.74 Å². The number of aromatic amines is 1. The van der Waals surface area contributed by atoms with Crippen LogP contribution >= 0.6 is 11.8 Å². The first-order valence-electron chi connectivity index (χ1n) is 8.87. The minimum Gasteiger partial charge on any atom is -0.465 e. The van der Waals surface area contributed by atoms with E-state index in [4.69, 9.17) is 4.74 Å². The fourth-order valence-corrected chi connectivity index (χ4v) is 3.49. The van der Waals surface area contributed by atoms with E-state index in [2.05, 4.69) is 20.3 Å². The molecular weight excluding hydrogens is 392 g/mol. The molecule has 2 aliphatic rings. The molecule has 1 aromatic heterocycles. The van der Waals surface area contributed by atoms with Crippen LogP contribution in [-0.4, -0.2) is 48.4 Å². The molecule has 10 heteroatoms. The van der Waals surface area contributed by atoms with Gasteiger partial charge in [-0.2, -0.15) is 14.8 Å². The van der Waals surface area contributed by atoms with Crippen LogP contribution < -0.4 is 5.56 Å². The number of H-pyrrole nitrogens is 1. The number of esters is 1. The number of thioether (sulfide) groups is 1. The van der Waals surface area contributed by atoms with E-state index in [0.717, 1.165) is 11.3 Å². The van der Waals surface area contributed by atoms with Crippen LogP contribution in [0.3, 0.4) is 0 Å². The van der Waals surface area contributed by atoms with Crippen molar-refractivity contribution in [2.75, 3.05) is 12.9 Å². The molecule has 148 valence electrons. The zero-order chi connectivity index (χ0) is 20.5. The number of rotatable bonds is 5. The lowest BCUT2D eigenvalue weighted by Crippen LogP contribution is -2.15. The van der Waals surface area contributed by atoms with Crippen LogP contribution in [0, 0.1) is 6.92 Å². The third kappa shape index (κ3) is 3.42. The lowest BCUT2D eigenvalue weighted by Gasteiger charge is -2.08. The Kier molecular flexibility index (Phi) is 4.93. The lowest BCUT2D eigenvalue weighted by molar-refractivity contribution is 0.0600. The second-order valence-corrected chi connectivity index (χ2v) is 7.49. The molecule has 1 N–H and O–H groups in total. The van der Waals surface area contributed by atoms with E-state index < -0.39 is 5.97 Å². The first-order valence-corrected chi connectivity index (χ1v) is 9.86. The molecule has 9 nitrogen and oxygen atoms in total. The minimum atomic E-state index is -0.596. The molecule has 0 fully saturated rings. The first kappa shape index (κ1) is 18.9. The van der Waals surface area contributed by atoms with Gasteiger partial charge in [0.25, 0.3) is 5.56 Å². The summed E-state index contributed by atoms with van der Waals surface area (Å²) in [6.07, 6.45) is 3.12. The Labute approximate surface area is 170 Å². The Balaban J connectivity index is 1.93. The second-order valence-electron chi connectivity index (χ2n) is 6.26. The molecule has 0 unspecified atom stereocenters. The van der Waals surface area contributed by atoms with E-state index >= 15 is 0 Å². The van der Waals surface area contributed by atoms with E-state index in [1.165, 1.54) is 29.8 Å². The molecule has 0 aliphatic carbocycles. The number of aryl methyl sites for hydroxylation is 1. The molecule has 0 saturated heterocycles. The van der Waals surface area contributed by atoms with Crippen molar-refractivity contribution >= 4 is 17.7 Å². The Morgan fingerprint density at radius 2 is 2.14 bits per heavy atom. The molecule has 29 heavy (non-hydrogen) atoms. The van der Waals surface area contributed by atoms with Crippen LogP contribution in [0.5, 0.6) is 0 Å². The van der Waals surface area contributed by atoms with Gasteiger partial charge in [0.1, 0.15) is 11.3 Å². The van der Waals surface area contributed by atoms with E-state index in [0.29, 0.717) is 16.8 Å². The predicted octanol–water partition coefficient (Wildman–Crippen LogP) is 2.45. The van der Waals surface area contributed by atoms with Crippen LogP contribution in [0.25, 0.3) is 22.9 Å². The summed E-state index contributed by atoms with van der Waals surface area (Å²) in [7, 11) is 1.28. The maximum atomic E-state index is 13.1. The number of hydrogen-bond donors (Lipinski definition) is 1. The molecule has 4 rings (SSSR count). The zero-order valence-electron chi connectivity index (χ0n) is 16.0. The number of hydrogen-bond acceptors (Lipinski definition) is 7. The van der Waals surface area contributed by atoms with Gasteiger partial charge in [0.2, 0.25) is 11.1 Å². The van der Waals surface area contributed by atoms with Crippen molar-refractivity contribution in [2.45, 2.75) is 19.0 Å². The van der Waals surface area contributed by atoms with Gasteiger partial charge in [0, 0.05) is 12.4 Å².